The zero-order valence-electron chi connectivity index (χ0n) is 9.48. The van der Waals surface area contributed by atoms with Crippen LogP contribution in [-0.4, -0.2) is 28.8 Å². The third kappa shape index (κ3) is 2.41. The highest BCUT2D eigenvalue weighted by Gasteiger charge is 2.17. The quantitative estimate of drug-likeness (QED) is 0.822. The van der Waals surface area contributed by atoms with E-state index in [1.165, 1.54) is 0 Å². The van der Waals surface area contributed by atoms with Gasteiger partial charge in [0.05, 0.1) is 12.6 Å². The van der Waals surface area contributed by atoms with Gasteiger partial charge in [0.15, 0.2) is 5.82 Å². The molecule has 1 aromatic heterocycles. The van der Waals surface area contributed by atoms with Crippen LogP contribution >= 0.6 is 0 Å². The monoisotopic (exact) mass is 223 g/mol. The zero-order valence-corrected chi connectivity index (χ0v) is 9.48. The van der Waals surface area contributed by atoms with Crippen molar-refractivity contribution in [2.24, 2.45) is 0 Å². The van der Waals surface area contributed by atoms with E-state index in [0.717, 1.165) is 26.0 Å². The maximum atomic E-state index is 11.9. The molecule has 16 heavy (non-hydrogen) atoms. The highest BCUT2D eigenvalue weighted by Crippen LogP contribution is 2.08. The van der Waals surface area contributed by atoms with Gasteiger partial charge < -0.3 is 14.6 Å². The lowest BCUT2D eigenvalue weighted by Gasteiger charge is -2.11. The SMILES string of the molecule is CCCn1ccnc(NC2CCOC2)c1=O. The Morgan fingerprint density at radius 3 is 3.25 bits per heavy atom. The predicted octanol–water partition coefficient (Wildman–Crippen LogP) is 0.854. The van der Waals surface area contributed by atoms with E-state index in [9.17, 15) is 4.79 Å². The van der Waals surface area contributed by atoms with Gasteiger partial charge in [-0.3, -0.25) is 4.79 Å². The molecule has 1 aliphatic heterocycles. The normalized spacial score (nSPS) is 19.9. The second kappa shape index (κ2) is 5.12. The van der Waals surface area contributed by atoms with Crippen molar-refractivity contribution in [3.05, 3.63) is 22.7 Å². The number of hydrogen-bond acceptors (Lipinski definition) is 4. The van der Waals surface area contributed by atoms with Crippen molar-refractivity contribution in [1.82, 2.24) is 9.55 Å². The van der Waals surface area contributed by atoms with E-state index in [2.05, 4.69) is 10.3 Å². The topological polar surface area (TPSA) is 56.1 Å². The number of anilines is 1. The summed E-state index contributed by atoms with van der Waals surface area (Å²) in [6, 6.07) is 0.220. The van der Waals surface area contributed by atoms with Gasteiger partial charge >= 0.3 is 0 Å². The van der Waals surface area contributed by atoms with Crippen LogP contribution in [-0.2, 0) is 11.3 Å². The fraction of sp³-hybridized carbons (Fsp3) is 0.636. The molecule has 0 saturated carbocycles. The van der Waals surface area contributed by atoms with E-state index in [0.29, 0.717) is 12.4 Å². The van der Waals surface area contributed by atoms with E-state index >= 15 is 0 Å². The molecule has 1 N–H and O–H groups in total. The van der Waals surface area contributed by atoms with Gasteiger partial charge in [0.2, 0.25) is 0 Å². The van der Waals surface area contributed by atoms with Crippen LogP contribution in [0.1, 0.15) is 19.8 Å². The van der Waals surface area contributed by atoms with Crippen molar-refractivity contribution in [3.63, 3.8) is 0 Å². The fourth-order valence-electron chi connectivity index (χ4n) is 1.80. The zero-order chi connectivity index (χ0) is 11.4. The molecule has 0 aliphatic carbocycles. The molecule has 1 unspecified atom stereocenters. The molecule has 5 heteroatoms. The molecule has 1 fully saturated rings. The first kappa shape index (κ1) is 11.1. The Balaban J connectivity index is 2.13. The highest BCUT2D eigenvalue weighted by atomic mass is 16.5. The maximum absolute atomic E-state index is 11.9. The van der Waals surface area contributed by atoms with Gasteiger partial charge in [0.25, 0.3) is 5.56 Å². The number of nitrogens with zero attached hydrogens (tertiary/aromatic N) is 2. The van der Waals surface area contributed by atoms with Crippen LogP contribution in [0, 0.1) is 0 Å². The van der Waals surface area contributed by atoms with Crippen LogP contribution in [0.5, 0.6) is 0 Å². The van der Waals surface area contributed by atoms with Crippen molar-refractivity contribution in [2.75, 3.05) is 18.5 Å². The average molecular weight is 223 g/mol. The molecule has 0 amide bonds. The summed E-state index contributed by atoms with van der Waals surface area (Å²) in [4.78, 5) is 16.0. The minimum absolute atomic E-state index is 0.0451. The lowest BCUT2D eigenvalue weighted by molar-refractivity contribution is 0.195. The molecule has 2 rings (SSSR count). The smallest absolute Gasteiger partial charge is 0.293 e. The van der Waals surface area contributed by atoms with Gasteiger partial charge in [-0.1, -0.05) is 6.92 Å². The highest BCUT2D eigenvalue weighted by molar-refractivity contribution is 5.32. The second-order valence-corrected chi connectivity index (χ2v) is 3.98. The summed E-state index contributed by atoms with van der Waals surface area (Å²) in [5, 5.41) is 3.14. The first-order valence-electron chi connectivity index (χ1n) is 5.71. The molecule has 2 heterocycles. The van der Waals surface area contributed by atoms with Gasteiger partial charge in [0.1, 0.15) is 0 Å². The molecule has 0 radical (unpaired) electrons. The van der Waals surface area contributed by atoms with Gasteiger partial charge in [0, 0.05) is 25.5 Å². The summed E-state index contributed by atoms with van der Waals surface area (Å²) < 4.78 is 6.93. The van der Waals surface area contributed by atoms with Crippen LogP contribution < -0.4 is 10.9 Å². The minimum Gasteiger partial charge on any atom is -0.379 e. The fourth-order valence-corrected chi connectivity index (χ4v) is 1.80. The number of nitrogens with one attached hydrogen (secondary N) is 1. The van der Waals surface area contributed by atoms with E-state index in [-0.39, 0.29) is 11.6 Å². The van der Waals surface area contributed by atoms with Crippen LogP contribution in [0.3, 0.4) is 0 Å². The first-order chi connectivity index (χ1) is 7.81. The number of aromatic nitrogens is 2. The van der Waals surface area contributed by atoms with E-state index in [4.69, 9.17) is 4.74 Å². The summed E-state index contributed by atoms with van der Waals surface area (Å²) in [6.07, 6.45) is 5.26. The Hall–Kier alpha value is -1.36. The Kier molecular flexibility index (Phi) is 3.56. The number of ether oxygens (including phenoxy) is 1. The average Bonchev–Trinajstić information content (AvgIpc) is 2.77. The molecule has 1 saturated heterocycles. The molecule has 1 aromatic rings. The standard InChI is InChI=1S/C11H17N3O2/c1-2-5-14-6-4-12-10(11(14)15)13-9-3-7-16-8-9/h4,6,9H,2-3,5,7-8H2,1H3,(H,12,13). The Morgan fingerprint density at radius 2 is 2.56 bits per heavy atom. The Bertz CT molecular complexity index is 396. The van der Waals surface area contributed by atoms with Gasteiger partial charge in [-0.2, -0.15) is 0 Å². The number of rotatable bonds is 4. The van der Waals surface area contributed by atoms with Crippen molar-refractivity contribution in [1.29, 1.82) is 0 Å². The largest absolute Gasteiger partial charge is 0.379 e. The molecule has 0 aromatic carbocycles. The van der Waals surface area contributed by atoms with Crippen molar-refractivity contribution in [2.45, 2.75) is 32.4 Å². The van der Waals surface area contributed by atoms with Crippen molar-refractivity contribution in [3.8, 4) is 0 Å². The van der Waals surface area contributed by atoms with Crippen LogP contribution in [0.25, 0.3) is 0 Å². The summed E-state index contributed by atoms with van der Waals surface area (Å²) in [5.41, 5.74) is -0.0451. The summed E-state index contributed by atoms with van der Waals surface area (Å²) in [5.74, 6) is 0.437. The van der Waals surface area contributed by atoms with Gasteiger partial charge in [-0.05, 0) is 12.8 Å². The molecule has 0 bridgehead atoms. The molecule has 1 aliphatic rings. The Morgan fingerprint density at radius 1 is 1.69 bits per heavy atom. The van der Waals surface area contributed by atoms with Crippen LogP contribution in [0.4, 0.5) is 5.82 Å². The lowest BCUT2D eigenvalue weighted by atomic mass is 10.2. The number of hydrogen-bond donors (Lipinski definition) is 1. The van der Waals surface area contributed by atoms with Crippen molar-refractivity contribution >= 4 is 5.82 Å². The summed E-state index contributed by atoms with van der Waals surface area (Å²) in [7, 11) is 0. The molecule has 5 nitrogen and oxygen atoms in total. The molecule has 0 spiro atoms. The van der Waals surface area contributed by atoms with Gasteiger partial charge in [-0.15, -0.1) is 0 Å². The van der Waals surface area contributed by atoms with Crippen molar-refractivity contribution < 1.29 is 4.74 Å². The maximum Gasteiger partial charge on any atom is 0.293 e. The molecule has 1 atom stereocenters. The molecular weight excluding hydrogens is 206 g/mol. The van der Waals surface area contributed by atoms with Crippen LogP contribution in [0.2, 0.25) is 0 Å². The third-order valence-electron chi connectivity index (χ3n) is 2.65. The Labute approximate surface area is 94.5 Å². The van der Waals surface area contributed by atoms with E-state index in [1.807, 2.05) is 6.92 Å². The van der Waals surface area contributed by atoms with E-state index < -0.39 is 0 Å². The van der Waals surface area contributed by atoms with Gasteiger partial charge in [-0.25, -0.2) is 4.98 Å². The van der Waals surface area contributed by atoms with Crippen LogP contribution in [0.15, 0.2) is 17.2 Å². The second-order valence-electron chi connectivity index (χ2n) is 3.98. The third-order valence-corrected chi connectivity index (χ3v) is 2.65. The predicted molar refractivity (Wildman–Crippen MR) is 61.6 cm³/mol. The number of aryl methyl sites for hydroxylation is 1. The summed E-state index contributed by atoms with van der Waals surface area (Å²) in [6.45, 7) is 4.19. The molecular formula is C11H17N3O2. The molecule has 88 valence electrons. The van der Waals surface area contributed by atoms with E-state index in [1.54, 1.807) is 17.0 Å². The summed E-state index contributed by atoms with van der Waals surface area (Å²) >= 11 is 0. The first-order valence-corrected chi connectivity index (χ1v) is 5.71. The minimum atomic E-state index is -0.0451. The lowest BCUT2D eigenvalue weighted by Crippen LogP contribution is -2.29.